The molecule has 1 aromatic rings. The van der Waals surface area contributed by atoms with Crippen molar-refractivity contribution in [3.63, 3.8) is 0 Å². The molecule has 0 N–H and O–H groups in total. The Hall–Kier alpha value is -1.85. The molecule has 6 heteroatoms. The number of rotatable bonds is 1. The van der Waals surface area contributed by atoms with Gasteiger partial charge in [0.05, 0.1) is 17.9 Å². The van der Waals surface area contributed by atoms with Gasteiger partial charge in [-0.15, -0.1) is 0 Å². The fourth-order valence-corrected chi connectivity index (χ4v) is 1.95. The Labute approximate surface area is 101 Å². The number of cyclic esters (lactones) is 2. The third kappa shape index (κ3) is 2.23. The molecule has 1 aromatic carbocycles. The van der Waals surface area contributed by atoms with Gasteiger partial charge in [0.15, 0.2) is 0 Å². The van der Waals surface area contributed by atoms with Gasteiger partial charge in [-0.2, -0.15) is 13.2 Å². The van der Waals surface area contributed by atoms with Crippen LogP contribution in [0, 0.1) is 6.92 Å². The number of esters is 2. The minimum absolute atomic E-state index is 0.120. The van der Waals surface area contributed by atoms with Crippen molar-refractivity contribution in [1.29, 1.82) is 0 Å². The van der Waals surface area contributed by atoms with Crippen molar-refractivity contribution >= 4 is 11.9 Å². The lowest BCUT2D eigenvalue weighted by Gasteiger charge is -2.12. The molecule has 0 radical (unpaired) electrons. The van der Waals surface area contributed by atoms with Crippen LogP contribution in [0.25, 0.3) is 0 Å². The van der Waals surface area contributed by atoms with E-state index in [4.69, 9.17) is 0 Å². The van der Waals surface area contributed by atoms with Crippen molar-refractivity contribution in [3.8, 4) is 0 Å². The van der Waals surface area contributed by atoms with E-state index in [0.29, 0.717) is 11.1 Å². The first-order chi connectivity index (χ1) is 8.29. The van der Waals surface area contributed by atoms with E-state index in [1.807, 2.05) is 0 Å². The van der Waals surface area contributed by atoms with Crippen LogP contribution in [-0.4, -0.2) is 11.9 Å². The average Bonchev–Trinajstić information content (AvgIpc) is 2.56. The van der Waals surface area contributed by atoms with E-state index in [1.54, 1.807) is 0 Å². The lowest BCUT2D eigenvalue weighted by molar-refractivity contribution is -0.152. The van der Waals surface area contributed by atoms with Crippen molar-refractivity contribution < 1.29 is 27.5 Å². The smallest absolute Gasteiger partial charge is 0.393 e. The van der Waals surface area contributed by atoms with E-state index in [9.17, 15) is 22.8 Å². The number of carbonyl (C=O) groups is 2. The molecule has 1 aliphatic rings. The first-order valence-corrected chi connectivity index (χ1v) is 5.21. The van der Waals surface area contributed by atoms with Crippen molar-refractivity contribution in [3.05, 3.63) is 34.9 Å². The highest BCUT2D eigenvalue weighted by atomic mass is 19.4. The first-order valence-electron chi connectivity index (χ1n) is 5.21. The van der Waals surface area contributed by atoms with Crippen LogP contribution < -0.4 is 0 Å². The van der Waals surface area contributed by atoms with Gasteiger partial charge in [-0.3, -0.25) is 9.59 Å². The van der Waals surface area contributed by atoms with Crippen molar-refractivity contribution in [2.45, 2.75) is 25.4 Å². The number of aryl methyl sites for hydroxylation is 1. The third-order valence-corrected chi connectivity index (χ3v) is 2.84. The number of halogens is 3. The van der Waals surface area contributed by atoms with Crippen LogP contribution in [0.5, 0.6) is 0 Å². The number of ether oxygens (including phenoxy) is 1. The van der Waals surface area contributed by atoms with Crippen molar-refractivity contribution in [2.24, 2.45) is 0 Å². The summed E-state index contributed by atoms with van der Waals surface area (Å²) in [6.07, 6.45) is -4.54. The Kier molecular flexibility index (Phi) is 2.88. The number of hydrogen-bond donors (Lipinski definition) is 0. The van der Waals surface area contributed by atoms with E-state index in [-0.39, 0.29) is 6.42 Å². The fourth-order valence-electron chi connectivity index (χ4n) is 1.95. The normalized spacial score (nSPS) is 20.1. The maximum absolute atomic E-state index is 12.5. The summed E-state index contributed by atoms with van der Waals surface area (Å²) in [7, 11) is 0. The summed E-state index contributed by atoms with van der Waals surface area (Å²) in [5.41, 5.74) is -0.0539. The standard InChI is InChI=1S/C12H9F3O3/c1-6-4-7(12(13,14)15)2-3-8(6)9-5-10(16)18-11(9)17/h2-4,9H,5H2,1H3. The van der Waals surface area contributed by atoms with E-state index < -0.39 is 29.6 Å². The van der Waals surface area contributed by atoms with Crippen LogP contribution in [0.2, 0.25) is 0 Å². The summed E-state index contributed by atoms with van der Waals surface area (Å²) in [6, 6.07) is 3.09. The topological polar surface area (TPSA) is 43.4 Å². The second kappa shape index (κ2) is 4.12. The lowest BCUT2D eigenvalue weighted by Crippen LogP contribution is -2.10. The highest BCUT2D eigenvalue weighted by molar-refractivity contribution is 5.98. The molecule has 0 aromatic heterocycles. The van der Waals surface area contributed by atoms with Crippen molar-refractivity contribution in [1.82, 2.24) is 0 Å². The van der Waals surface area contributed by atoms with Gasteiger partial charge in [-0.25, -0.2) is 0 Å². The first kappa shape index (κ1) is 12.6. The number of alkyl halides is 3. The summed E-state index contributed by atoms with van der Waals surface area (Å²) < 4.78 is 41.8. The van der Waals surface area contributed by atoms with Crippen LogP contribution in [0.4, 0.5) is 13.2 Å². The molecule has 1 fully saturated rings. The summed E-state index contributed by atoms with van der Waals surface area (Å²) in [4.78, 5) is 22.3. The van der Waals surface area contributed by atoms with Gasteiger partial charge in [0.2, 0.25) is 0 Å². The monoisotopic (exact) mass is 258 g/mol. The molecule has 1 unspecified atom stereocenters. The Bertz CT molecular complexity index is 520. The molecule has 0 amide bonds. The highest BCUT2D eigenvalue weighted by Gasteiger charge is 2.37. The van der Waals surface area contributed by atoms with Gasteiger partial charge < -0.3 is 4.74 Å². The van der Waals surface area contributed by atoms with Crippen LogP contribution in [-0.2, 0) is 20.5 Å². The predicted molar refractivity (Wildman–Crippen MR) is 54.6 cm³/mol. The van der Waals surface area contributed by atoms with Gasteiger partial charge in [0, 0.05) is 0 Å². The molecule has 1 heterocycles. The molecule has 0 bridgehead atoms. The van der Waals surface area contributed by atoms with Gasteiger partial charge in [-0.05, 0) is 30.2 Å². The van der Waals surface area contributed by atoms with Crippen LogP contribution in [0.1, 0.15) is 29.0 Å². The van der Waals surface area contributed by atoms with Crippen LogP contribution in [0.15, 0.2) is 18.2 Å². The molecule has 0 spiro atoms. The Morgan fingerprint density at radius 3 is 2.39 bits per heavy atom. The number of benzene rings is 1. The van der Waals surface area contributed by atoms with Gasteiger partial charge >= 0.3 is 18.1 Å². The zero-order valence-electron chi connectivity index (χ0n) is 9.38. The van der Waals surface area contributed by atoms with E-state index in [1.165, 1.54) is 13.0 Å². The maximum Gasteiger partial charge on any atom is 0.416 e. The minimum atomic E-state index is -4.42. The SMILES string of the molecule is Cc1cc(C(F)(F)F)ccc1C1CC(=O)OC1=O. The fraction of sp³-hybridized carbons (Fsp3) is 0.333. The molecule has 0 saturated carbocycles. The predicted octanol–water partition coefficient (Wildman–Crippen LogP) is 2.57. The Morgan fingerprint density at radius 2 is 1.94 bits per heavy atom. The van der Waals surface area contributed by atoms with Crippen LogP contribution in [0.3, 0.4) is 0 Å². The van der Waals surface area contributed by atoms with E-state index in [0.717, 1.165) is 12.1 Å². The molecular weight excluding hydrogens is 249 g/mol. The molecule has 1 aliphatic heterocycles. The summed E-state index contributed by atoms with van der Waals surface area (Å²) in [6.45, 7) is 1.47. The summed E-state index contributed by atoms with van der Waals surface area (Å²) in [5.74, 6) is -2.15. The molecule has 2 rings (SSSR count). The average molecular weight is 258 g/mol. The summed E-state index contributed by atoms with van der Waals surface area (Å²) >= 11 is 0. The molecular formula is C12H9F3O3. The highest BCUT2D eigenvalue weighted by Crippen LogP contribution is 2.34. The largest absolute Gasteiger partial charge is 0.416 e. The molecule has 0 aliphatic carbocycles. The maximum atomic E-state index is 12.5. The van der Waals surface area contributed by atoms with Crippen LogP contribution >= 0.6 is 0 Å². The second-order valence-electron chi connectivity index (χ2n) is 4.12. The van der Waals surface area contributed by atoms with Crippen molar-refractivity contribution in [2.75, 3.05) is 0 Å². The zero-order valence-corrected chi connectivity index (χ0v) is 9.38. The van der Waals surface area contributed by atoms with Gasteiger partial charge in [-0.1, -0.05) is 6.07 Å². The third-order valence-electron chi connectivity index (χ3n) is 2.84. The van der Waals surface area contributed by atoms with E-state index >= 15 is 0 Å². The zero-order chi connectivity index (χ0) is 13.5. The van der Waals surface area contributed by atoms with Gasteiger partial charge in [0.25, 0.3) is 0 Å². The second-order valence-corrected chi connectivity index (χ2v) is 4.12. The minimum Gasteiger partial charge on any atom is -0.393 e. The molecule has 18 heavy (non-hydrogen) atoms. The lowest BCUT2D eigenvalue weighted by atomic mass is 9.92. The van der Waals surface area contributed by atoms with Gasteiger partial charge in [0.1, 0.15) is 0 Å². The molecule has 96 valence electrons. The van der Waals surface area contributed by atoms with E-state index in [2.05, 4.69) is 4.74 Å². The quantitative estimate of drug-likeness (QED) is 0.574. The molecule has 1 atom stereocenters. The number of carbonyl (C=O) groups excluding carboxylic acids is 2. The summed E-state index contributed by atoms with van der Waals surface area (Å²) in [5, 5.41) is 0. The number of hydrogen-bond acceptors (Lipinski definition) is 3. The Morgan fingerprint density at radius 1 is 1.28 bits per heavy atom. The molecule has 1 saturated heterocycles. The molecule has 3 nitrogen and oxygen atoms in total. The Balaban J connectivity index is 2.37.